The van der Waals surface area contributed by atoms with Crippen molar-refractivity contribution in [2.75, 3.05) is 0 Å². The number of hydrogen-bond acceptors (Lipinski definition) is 1. The van der Waals surface area contributed by atoms with Crippen molar-refractivity contribution in [2.45, 2.75) is 11.7 Å². The second-order valence-electron chi connectivity index (χ2n) is 4.02. The van der Waals surface area contributed by atoms with Crippen molar-refractivity contribution in [1.29, 1.82) is 0 Å². The van der Waals surface area contributed by atoms with Crippen LogP contribution in [0.5, 0.6) is 5.75 Å². The van der Waals surface area contributed by atoms with Gasteiger partial charge < -0.3 is 4.74 Å². The fraction of sp³-hybridized carbons (Fsp3) is 0.143. The number of ether oxygens (including phenoxy) is 1. The molecule has 0 N–H and O–H groups in total. The lowest BCUT2D eigenvalue weighted by molar-refractivity contribution is -0.274. The first-order valence-corrected chi connectivity index (χ1v) is 6.72. The van der Waals surface area contributed by atoms with Crippen LogP contribution in [0.3, 0.4) is 0 Å². The summed E-state index contributed by atoms with van der Waals surface area (Å²) in [4.78, 5) is 0. The van der Waals surface area contributed by atoms with Crippen molar-refractivity contribution in [3.8, 4) is 16.9 Å². The van der Waals surface area contributed by atoms with Gasteiger partial charge in [0.1, 0.15) is 11.6 Å². The Morgan fingerprint density at radius 1 is 1.00 bits per heavy atom. The summed E-state index contributed by atoms with van der Waals surface area (Å²) < 4.78 is 53.6. The normalized spacial score (nSPS) is 11.4. The predicted molar refractivity (Wildman–Crippen MR) is 71.2 cm³/mol. The van der Waals surface area contributed by atoms with Gasteiger partial charge in [0.25, 0.3) is 0 Å². The summed E-state index contributed by atoms with van der Waals surface area (Å²) in [5, 5.41) is 0.675. The molecular formula is C14H9BrF4O. The third-order valence-electron chi connectivity index (χ3n) is 2.59. The molecular weight excluding hydrogens is 340 g/mol. The van der Waals surface area contributed by atoms with E-state index in [4.69, 9.17) is 0 Å². The Morgan fingerprint density at radius 3 is 2.15 bits per heavy atom. The summed E-state index contributed by atoms with van der Waals surface area (Å²) >= 11 is 3.29. The van der Waals surface area contributed by atoms with Gasteiger partial charge in [0.2, 0.25) is 0 Å². The van der Waals surface area contributed by atoms with Crippen molar-refractivity contribution in [3.63, 3.8) is 0 Å². The lowest BCUT2D eigenvalue weighted by atomic mass is 10.0. The van der Waals surface area contributed by atoms with Gasteiger partial charge >= 0.3 is 6.36 Å². The van der Waals surface area contributed by atoms with E-state index in [9.17, 15) is 17.6 Å². The summed E-state index contributed by atoms with van der Waals surface area (Å²) in [5.41, 5.74) is 1.83. The van der Waals surface area contributed by atoms with Crippen LogP contribution in [0.2, 0.25) is 0 Å². The number of rotatable bonds is 3. The quantitative estimate of drug-likeness (QED) is 0.541. The maximum Gasteiger partial charge on any atom is 0.573 e. The first-order valence-electron chi connectivity index (χ1n) is 5.59. The maximum absolute atomic E-state index is 13.8. The van der Waals surface area contributed by atoms with Crippen LogP contribution in [0, 0.1) is 5.82 Å². The minimum atomic E-state index is -4.83. The van der Waals surface area contributed by atoms with Crippen molar-refractivity contribution < 1.29 is 22.3 Å². The lowest BCUT2D eigenvalue weighted by Crippen LogP contribution is -2.17. The molecule has 0 saturated heterocycles. The predicted octanol–water partition coefficient (Wildman–Crippen LogP) is 5.29. The summed E-state index contributed by atoms with van der Waals surface area (Å²) in [6.45, 7) is 0. The molecule has 20 heavy (non-hydrogen) atoms. The standard InChI is InChI=1S/C14H9BrF4O/c15-8-9-1-3-10(4-2-9)12-6-5-11(7-13(12)16)20-14(17,18)19/h1-7H,8H2. The molecule has 0 aliphatic rings. The number of halogens is 5. The molecule has 0 saturated carbocycles. The second-order valence-corrected chi connectivity index (χ2v) is 4.58. The van der Waals surface area contributed by atoms with Crippen LogP contribution in [-0.4, -0.2) is 6.36 Å². The molecule has 2 rings (SSSR count). The SMILES string of the molecule is Fc1cc(OC(F)(F)F)ccc1-c1ccc(CBr)cc1. The van der Waals surface area contributed by atoms with Crippen molar-refractivity contribution >= 4 is 15.9 Å². The van der Waals surface area contributed by atoms with E-state index in [-0.39, 0.29) is 5.56 Å². The molecule has 2 aromatic carbocycles. The number of benzene rings is 2. The Balaban J connectivity index is 2.29. The second kappa shape index (κ2) is 5.83. The topological polar surface area (TPSA) is 9.23 Å². The Bertz CT molecular complexity index is 593. The van der Waals surface area contributed by atoms with Crippen LogP contribution in [0.4, 0.5) is 17.6 Å². The molecule has 0 aromatic heterocycles. The highest BCUT2D eigenvalue weighted by molar-refractivity contribution is 9.08. The first-order chi connectivity index (χ1) is 9.39. The zero-order valence-electron chi connectivity index (χ0n) is 10.0. The average molecular weight is 349 g/mol. The summed E-state index contributed by atoms with van der Waals surface area (Å²) in [6.07, 6.45) is -4.83. The van der Waals surface area contributed by atoms with Gasteiger partial charge in [-0.2, -0.15) is 0 Å². The van der Waals surface area contributed by atoms with Crippen LogP contribution < -0.4 is 4.74 Å². The van der Waals surface area contributed by atoms with Crippen LogP contribution in [0.25, 0.3) is 11.1 Å². The zero-order valence-corrected chi connectivity index (χ0v) is 11.6. The largest absolute Gasteiger partial charge is 0.573 e. The Labute approximate surface area is 121 Å². The summed E-state index contributed by atoms with van der Waals surface area (Å²) in [6, 6.07) is 10.1. The van der Waals surface area contributed by atoms with Crippen LogP contribution in [0.1, 0.15) is 5.56 Å². The van der Waals surface area contributed by atoms with Gasteiger partial charge in [0.15, 0.2) is 0 Å². The fourth-order valence-electron chi connectivity index (χ4n) is 1.70. The van der Waals surface area contributed by atoms with Crippen molar-refractivity contribution in [2.24, 2.45) is 0 Å². The van der Waals surface area contributed by atoms with Crippen LogP contribution in [-0.2, 0) is 5.33 Å². The number of hydrogen-bond donors (Lipinski definition) is 0. The molecule has 0 radical (unpaired) electrons. The molecule has 0 fully saturated rings. The average Bonchev–Trinajstić information content (AvgIpc) is 2.37. The maximum atomic E-state index is 13.8. The van der Waals surface area contributed by atoms with Gasteiger partial charge in [-0.05, 0) is 23.3 Å². The molecule has 0 aliphatic heterocycles. The first kappa shape index (κ1) is 14.8. The minimum absolute atomic E-state index is 0.223. The van der Waals surface area contributed by atoms with E-state index < -0.39 is 17.9 Å². The molecule has 0 unspecified atom stereocenters. The zero-order chi connectivity index (χ0) is 14.8. The van der Waals surface area contributed by atoms with Gasteiger partial charge in [-0.15, -0.1) is 13.2 Å². The Hall–Kier alpha value is -1.56. The van der Waals surface area contributed by atoms with Gasteiger partial charge in [0.05, 0.1) is 0 Å². The molecule has 0 spiro atoms. The molecule has 2 aromatic rings. The monoisotopic (exact) mass is 348 g/mol. The smallest absolute Gasteiger partial charge is 0.406 e. The molecule has 0 amide bonds. The fourth-order valence-corrected chi connectivity index (χ4v) is 2.07. The van der Waals surface area contributed by atoms with Gasteiger partial charge in [-0.25, -0.2) is 4.39 Å². The van der Waals surface area contributed by atoms with E-state index in [2.05, 4.69) is 20.7 Å². The van der Waals surface area contributed by atoms with Crippen molar-refractivity contribution in [3.05, 3.63) is 53.8 Å². The summed E-state index contributed by atoms with van der Waals surface area (Å²) in [5.74, 6) is -1.34. The molecule has 1 nitrogen and oxygen atoms in total. The van der Waals surface area contributed by atoms with E-state index in [1.165, 1.54) is 6.07 Å². The summed E-state index contributed by atoms with van der Waals surface area (Å²) in [7, 11) is 0. The van der Waals surface area contributed by atoms with Crippen LogP contribution in [0.15, 0.2) is 42.5 Å². The van der Waals surface area contributed by atoms with Gasteiger partial charge in [0, 0.05) is 17.0 Å². The lowest BCUT2D eigenvalue weighted by Gasteiger charge is -2.10. The molecule has 0 heterocycles. The van der Waals surface area contributed by atoms with Gasteiger partial charge in [-0.1, -0.05) is 40.2 Å². The van der Waals surface area contributed by atoms with Gasteiger partial charge in [-0.3, -0.25) is 0 Å². The third-order valence-corrected chi connectivity index (χ3v) is 3.24. The number of alkyl halides is 4. The highest BCUT2D eigenvalue weighted by Crippen LogP contribution is 2.29. The molecule has 0 atom stereocenters. The van der Waals surface area contributed by atoms with E-state index in [1.807, 2.05) is 12.1 Å². The molecule has 0 aliphatic carbocycles. The van der Waals surface area contributed by atoms with E-state index in [1.54, 1.807) is 12.1 Å². The highest BCUT2D eigenvalue weighted by atomic mass is 79.9. The van der Waals surface area contributed by atoms with Crippen LogP contribution >= 0.6 is 15.9 Å². The molecule has 6 heteroatoms. The van der Waals surface area contributed by atoms with E-state index in [0.717, 1.165) is 17.7 Å². The highest BCUT2D eigenvalue weighted by Gasteiger charge is 2.31. The Kier molecular flexibility index (Phi) is 4.32. The van der Waals surface area contributed by atoms with E-state index in [0.29, 0.717) is 10.9 Å². The Morgan fingerprint density at radius 2 is 1.65 bits per heavy atom. The molecule has 0 bridgehead atoms. The molecule has 106 valence electrons. The van der Waals surface area contributed by atoms with Crippen molar-refractivity contribution in [1.82, 2.24) is 0 Å². The minimum Gasteiger partial charge on any atom is -0.406 e. The van der Waals surface area contributed by atoms with E-state index >= 15 is 0 Å². The third kappa shape index (κ3) is 3.72.